The molecule has 2 rings (SSSR count). The number of hydrogen-bond donors (Lipinski definition) is 0. The average Bonchev–Trinajstić information content (AvgIpc) is 2.98. The Hall–Kier alpha value is -1.18. The van der Waals surface area contributed by atoms with Gasteiger partial charge in [-0.25, -0.2) is 0 Å². The van der Waals surface area contributed by atoms with Gasteiger partial charge in [0.15, 0.2) is 0 Å². The smallest absolute Gasteiger partial charge is 0.127 e. The van der Waals surface area contributed by atoms with Crippen LogP contribution in [0.25, 0.3) is 0 Å². The second kappa shape index (κ2) is 4.83. The van der Waals surface area contributed by atoms with Crippen LogP contribution in [0.1, 0.15) is 58.9 Å². The van der Waals surface area contributed by atoms with Crippen molar-refractivity contribution in [3.8, 4) is 11.5 Å². The Bertz CT molecular complexity index is 412. The molecule has 1 aliphatic carbocycles. The van der Waals surface area contributed by atoms with E-state index in [-0.39, 0.29) is 5.60 Å². The Balaban J connectivity index is 2.24. The van der Waals surface area contributed by atoms with Crippen LogP contribution in [0.2, 0.25) is 0 Å². The van der Waals surface area contributed by atoms with E-state index >= 15 is 0 Å². The number of ether oxygens (including phenoxy) is 2. The predicted molar refractivity (Wildman–Crippen MR) is 74.6 cm³/mol. The summed E-state index contributed by atoms with van der Waals surface area (Å²) in [4.78, 5) is 0. The summed E-state index contributed by atoms with van der Waals surface area (Å²) < 4.78 is 11.9. The van der Waals surface area contributed by atoms with Crippen LogP contribution in [-0.2, 0) is 0 Å². The van der Waals surface area contributed by atoms with Crippen molar-refractivity contribution < 1.29 is 9.47 Å². The summed E-state index contributed by atoms with van der Waals surface area (Å²) in [6.45, 7) is 10.6. The van der Waals surface area contributed by atoms with Gasteiger partial charge in [-0.1, -0.05) is 19.9 Å². The summed E-state index contributed by atoms with van der Waals surface area (Å²) in [5, 5.41) is 0. The largest absolute Gasteiger partial charge is 0.490 e. The van der Waals surface area contributed by atoms with E-state index in [2.05, 4.69) is 46.8 Å². The summed E-state index contributed by atoms with van der Waals surface area (Å²) in [6, 6.07) is 6.23. The highest BCUT2D eigenvalue weighted by Crippen LogP contribution is 2.35. The third kappa shape index (κ3) is 3.66. The minimum atomic E-state index is -0.179. The fourth-order valence-corrected chi connectivity index (χ4v) is 1.86. The Labute approximate surface area is 110 Å². The van der Waals surface area contributed by atoms with Gasteiger partial charge in [0.2, 0.25) is 0 Å². The first kappa shape index (κ1) is 13.3. The van der Waals surface area contributed by atoms with Crippen LogP contribution in [0, 0.1) is 0 Å². The highest BCUT2D eigenvalue weighted by molar-refractivity contribution is 5.43. The van der Waals surface area contributed by atoms with Gasteiger partial charge in [0.25, 0.3) is 0 Å². The van der Waals surface area contributed by atoms with Crippen LogP contribution in [0.3, 0.4) is 0 Å². The molecule has 0 aliphatic heterocycles. The molecule has 2 heteroatoms. The predicted octanol–water partition coefficient (Wildman–Crippen LogP) is 4.53. The standard InChI is InChI=1S/C16H24O2/c1-11(2)14-9-8-13(17-12-6-7-12)10-15(14)18-16(3,4)5/h8-12H,6-7H2,1-5H3. The van der Waals surface area contributed by atoms with Crippen LogP contribution in [0.4, 0.5) is 0 Å². The number of rotatable bonds is 4. The van der Waals surface area contributed by atoms with Crippen LogP contribution in [0.15, 0.2) is 18.2 Å². The van der Waals surface area contributed by atoms with Gasteiger partial charge in [-0.2, -0.15) is 0 Å². The van der Waals surface area contributed by atoms with Gasteiger partial charge in [-0.15, -0.1) is 0 Å². The van der Waals surface area contributed by atoms with E-state index in [0.717, 1.165) is 11.5 Å². The maximum absolute atomic E-state index is 6.06. The summed E-state index contributed by atoms with van der Waals surface area (Å²) in [7, 11) is 0. The SMILES string of the molecule is CC(C)c1ccc(OC2CC2)cc1OC(C)(C)C. The molecule has 1 aromatic rings. The van der Waals surface area contributed by atoms with Gasteiger partial charge in [0.1, 0.15) is 17.1 Å². The van der Waals surface area contributed by atoms with Gasteiger partial charge in [-0.05, 0) is 51.2 Å². The summed E-state index contributed by atoms with van der Waals surface area (Å²) in [5.41, 5.74) is 1.06. The maximum atomic E-state index is 6.06. The van der Waals surface area contributed by atoms with Gasteiger partial charge < -0.3 is 9.47 Å². The van der Waals surface area contributed by atoms with Crippen molar-refractivity contribution in [3.63, 3.8) is 0 Å². The zero-order valence-electron chi connectivity index (χ0n) is 12.1. The van der Waals surface area contributed by atoms with Gasteiger partial charge in [-0.3, -0.25) is 0 Å². The highest BCUT2D eigenvalue weighted by atomic mass is 16.5. The second-order valence-corrected chi connectivity index (χ2v) is 6.39. The highest BCUT2D eigenvalue weighted by Gasteiger charge is 2.24. The summed E-state index contributed by atoms with van der Waals surface area (Å²) in [6.07, 6.45) is 2.79. The Kier molecular flexibility index (Phi) is 3.56. The van der Waals surface area contributed by atoms with E-state index < -0.39 is 0 Å². The van der Waals surface area contributed by atoms with E-state index in [1.165, 1.54) is 18.4 Å². The quantitative estimate of drug-likeness (QED) is 0.779. The Morgan fingerprint density at radius 1 is 1.17 bits per heavy atom. The number of benzene rings is 1. The molecule has 0 spiro atoms. The van der Waals surface area contributed by atoms with Crippen molar-refractivity contribution in [2.24, 2.45) is 0 Å². The molecular weight excluding hydrogens is 224 g/mol. The fourth-order valence-electron chi connectivity index (χ4n) is 1.86. The Morgan fingerprint density at radius 3 is 2.33 bits per heavy atom. The molecule has 2 nitrogen and oxygen atoms in total. The van der Waals surface area contributed by atoms with Gasteiger partial charge in [0, 0.05) is 6.07 Å². The molecular formula is C16H24O2. The van der Waals surface area contributed by atoms with E-state index in [1.54, 1.807) is 0 Å². The van der Waals surface area contributed by atoms with Crippen molar-refractivity contribution in [3.05, 3.63) is 23.8 Å². The van der Waals surface area contributed by atoms with Crippen LogP contribution in [0.5, 0.6) is 11.5 Å². The molecule has 0 heterocycles. The minimum absolute atomic E-state index is 0.179. The average molecular weight is 248 g/mol. The molecule has 0 amide bonds. The van der Waals surface area contributed by atoms with Gasteiger partial charge in [0.05, 0.1) is 6.10 Å². The molecule has 0 aromatic heterocycles. The molecule has 1 aromatic carbocycles. The maximum Gasteiger partial charge on any atom is 0.127 e. The Morgan fingerprint density at radius 2 is 1.83 bits per heavy atom. The van der Waals surface area contributed by atoms with Crippen molar-refractivity contribution in [2.75, 3.05) is 0 Å². The lowest BCUT2D eigenvalue weighted by molar-refractivity contribution is 0.128. The molecule has 0 N–H and O–H groups in total. The third-order valence-corrected chi connectivity index (χ3v) is 2.85. The molecule has 0 atom stereocenters. The first-order chi connectivity index (χ1) is 8.35. The van der Waals surface area contributed by atoms with Gasteiger partial charge >= 0.3 is 0 Å². The lowest BCUT2D eigenvalue weighted by Gasteiger charge is -2.25. The summed E-state index contributed by atoms with van der Waals surface area (Å²) in [5.74, 6) is 2.34. The molecule has 1 saturated carbocycles. The number of hydrogen-bond acceptors (Lipinski definition) is 2. The van der Waals surface area contributed by atoms with Crippen molar-refractivity contribution in [2.45, 2.75) is 65.1 Å². The first-order valence-corrected chi connectivity index (χ1v) is 6.85. The van der Waals surface area contributed by atoms with Crippen LogP contribution < -0.4 is 9.47 Å². The van der Waals surface area contributed by atoms with E-state index in [4.69, 9.17) is 9.47 Å². The van der Waals surface area contributed by atoms with Crippen molar-refractivity contribution in [1.29, 1.82) is 0 Å². The van der Waals surface area contributed by atoms with Crippen LogP contribution >= 0.6 is 0 Å². The monoisotopic (exact) mass is 248 g/mol. The van der Waals surface area contributed by atoms with E-state index in [1.807, 2.05) is 6.07 Å². The lowest BCUT2D eigenvalue weighted by Crippen LogP contribution is -2.23. The first-order valence-electron chi connectivity index (χ1n) is 6.85. The third-order valence-electron chi connectivity index (χ3n) is 2.85. The normalized spacial score (nSPS) is 15.9. The molecule has 0 radical (unpaired) electrons. The lowest BCUT2D eigenvalue weighted by atomic mass is 10.0. The minimum Gasteiger partial charge on any atom is -0.490 e. The van der Waals surface area contributed by atoms with Crippen molar-refractivity contribution in [1.82, 2.24) is 0 Å². The molecule has 1 fully saturated rings. The zero-order valence-corrected chi connectivity index (χ0v) is 12.1. The van der Waals surface area contributed by atoms with Crippen molar-refractivity contribution >= 4 is 0 Å². The molecule has 100 valence electrons. The molecule has 0 unspecified atom stereocenters. The molecule has 0 bridgehead atoms. The summed E-state index contributed by atoms with van der Waals surface area (Å²) >= 11 is 0. The topological polar surface area (TPSA) is 18.5 Å². The molecule has 18 heavy (non-hydrogen) atoms. The second-order valence-electron chi connectivity index (χ2n) is 6.39. The van der Waals surface area contributed by atoms with E-state index in [0.29, 0.717) is 12.0 Å². The molecule has 1 aliphatic rings. The van der Waals surface area contributed by atoms with Crippen LogP contribution in [-0.4, -0.2) is 11.7 Å². The zero-order chi connectivity index (χ0) is 13.3. The fraction of sp³-hybridized carbons (Fsp3) is 0.625. The van der Waals surface area contributed by atoms with E-state index in [9.17, 15) is 0 Å². The molecule has 0 saturated heterocycles.